The smallest absolute Gasteiger partial charge is 0.250 e. The molecule has 0 aliphatic heterocycles. The number of benzene rings is 1. The molecule has 4 heteroatoms. The minimum atomic E-state index is -1.72. The van der Waals surface area contributed by atoms with Crippen molar-refractivity contribution in [2.24, 2.45) is 0 Å². The third-order valence-electron chi connectivity index (χ3n) is 3.07. The Hall–Kier alpha value is 0.197. The second-order valence-corrected chi connectivity index (χ2v) is 11.9. The van der Waals surface area contributed by atoms with Crippen LogP contribution in [-0.4, -0.2) is 8.32 Å². The lowest BCUT2D eigenvalue weighted by molar-refractivity contribution is 0.492. The average molecular weight is 366 g/mol. The summed E-state index contributed by atoms with van der Waals surface area (Å²) < 4.78 is 8.27. The molecule has 1 rings (SSSR count). The third-order valence-corrected chi connectivity index (χ3v) is 9.31. The summed E-state index contributed by atoms with van der Waals surface area (Å²) in [7, 11) is -1.72. The second-order valence-electron chi connectivity index (χ2n) is 5.44. The van der Waals surface area contributed by atoms with Crippen LogP contribution < -0.4 is 4.43 Å². The van der Waals surface area contributed by atoms with Gasteiger partial charge >= 0.3 is 0 Å². The molecule has 1 nitrogen and oxygen atoms in total. The van der Waals surface area contributed by atoms with Crippen molar-refractivity contribution >= 4 is 40.2 Å². The van der Waals surface area contributed by atoms with Crippen LogP contribution in [0.5, 0.6) is 5.75 Å². The van der Waals surface area contributed by atoms with Crippen LogP contribution in [0, 0.1) is 0 Å². The second kappa shape index (κ2) is 4.82. The van der Waals surface area contributed by atoms with E-state index in [1.165, 1.54) is 0 Å². The zero-order chi connectivity index (χ0) is 12.6. The highest BCUT2D eigenvalue weighted by Crippen LogP contribution is 2.38. The molecule has 16 heavy (non-hydrogen) atoms. The molecule has 0 bridgehead atoms. The molecule has 0 fully saturated rings. The Labute approximate surface area is 116 Å². The molecule has 0 aliphatic carbocycles. The molecule has 1 aromatic carbocycles. The van der Waals surface area contributed by atoms with Crippen molar-refractivity contribution in [3.05, 3.63) is 27.1 Å². The van der Waals surface area contributed by atoms with Gasteiger partial charge in [0.2, 0.25) is 8.32 Å². The predicted octanol–water partition coefficient (Wildman–Crippen LogP) is 5.60. The van der Waals surface area contributed by atoms with Crippen molar-refractivity contribution in [1.29, 1.82) is 0 Å². The van der Waals surface area contributed by atoms with E-state index >= 15 is 0 Å². The van der Waals surface area contributed by atoms with Gasteiger partial charge in [0.1, 0.15) is 5.75 Å². The van der Waals surface area contributed by atoms with E-state index in [2.05, 4.69) is 65.7 Å². The molecule has 0 atom stereocenters. The average Bonchev–Trinajstić information content (AvgIpc) is 2.09. The van der Waals surface area contributed by atoms with Gasteiger partial charge in [-0.3, -0.25) is 0 Å². The van der Waals surface area contributed by atoms with Gasteiger partial charge in [-0.2, -0.15) is 0 Å². The number of hydrogen-bond acceptors (Lipinski definition) is 1. The Morgan fingerprint density at radius 3 is 2.06 bits per heavy atom. The minimum Gasteiger partial charge on any atom is -0.543 e. The van der Waals surface area contributed by atoms with E-state index in [1.807, 2.05) is 18.2 Å². The van der Waals surface area contributed by atoms with Crippen LogP contribution in [0.15, 0.2) is 27.1 Å². The molecule has 90 valence electrons. The lowest BCUT2D eigenvalue weighted by Gasteiger charge is -2.36. The van der Waals surface area contributed by atoms with Gasteiger partial charge < -0.3 is 4.43 Å². The molecule has 0 saturated carbocycles. The minimum absolute atomic E-state index is 0.229. The van der Waals surface area contributed by atoms with E-state index in [9.17, 15) is 0 Å². The van der Waals surface area contributed by atoms with Gasteiger partial charge in [-0.05, 0) is 68.2 Å². The van der Waals surface area contributed by atoms with Crippen molar-refractivity contribution in [3.63, 3.8) is 0 Å². The zero-order valence-electron chi connectivity index (χ0n) is 10.4. The van der Waals surface area contributed by atoms with E-state index in [0.717, 1.165) is 14.7 Å². The molecule has 0 saturated heterocycles. The molecule has 0 heterocycles. The SMILES string of the molecule is CC(C)(C)[Si](C)(C)Oc1ccc(Br)c(Br)c1. The Kier molecular flexibility index (Phi) is 4.30. The summed E-state index contributed by atoms with van der Waals surface area (Å²) >= 11 is 6.95. The molecule has 0 amide bonds. The quantitative estimate of drug-likeness (QED) is 0.620. The van der Waals surface area contributed by atoms with Gasteiger partial charge in [0, 0.05) is 8.95 Å². The third kappa shape index (κ3) is 3.34. The molecule has 0 aromatic heterocycles. The molecule has 0 aliphatic rings. The first kappa shape index (κ1) is 14.3. The van der Waals surface area contributed by atoms with Crippen LogP contribution in [-0.2, 0) is 0 Å². The van der Waals surface area contributed by atoms with E-state index in [1.54, 1.807) is 0 Å². The fourth-order valence-corrected chi connectivity index (χ4v) is 2.61. The molecule has 0 radical (unpaired) electrons. The highest BCUT2D eigenvalue weighted by molar-refractivity contribution is 9.13. The van der Waals surface area contributed by atoms with Crippen molar-refractivity contribution < 1.29 is 4.43 Å². The van der Waals surface area contributed by atoms with Crippen LogP contribution in [0.2, 0.25) is 18.1 Å². The van der Waals surface area contributed by atoms with Crippen LogP contribution in [0.25, 0.3) is 0 Å². The van der Waals surface area contributed by atoms with Crippen molar-refractivity contribution in [3.8, 4) is 5.75 Å². The van der Waals surface area contributed by atoms with Gasteiger partial charge in [0.05, 0.1) is 0 Å². The number of rotatable bonds is 2. The maximum atomic E-state index is 6.19. The van der Waals surface area contributed by atoms with Gasteiger partial charge in [-0.15, -0.1) is 0 Å². The van der Waals surface area contributed by atoms with Crippen molar-refractivity contribution in [2.45, 2.75) is 38.9 Å². The lowest BCUT2D eigenvalue weighted by Crippen LogP contribution is -2.43. The van der Waals surface area contributed by atoms with Gasteiger partial charge in [0.15, 0.2) is 0 Å². The highest BCUT2D eigenvalue weighted by atomic mass is 79.9. The van der Waals surface area contributed by atoms with Crippen molar-refractivity contribution in [1.82, 2.24) is 0 Å². The molecule has 0 N–H and O–H groups in total. The standard InChI is InChI=1S/C12H18Br2OSi/c1-12(2,3)16(4,5)15-9-6-7-10(13)11(14)8-9/h6-8H,1-5H3. The van der Waals surface area contributed by atoms with E-state index in [4.69, 9.17) is 4.43 Å². The summed E-state index contributed by atoms with van der Waals surface area (Å²) in [4.78, 5) is 0. The molecule has 0 unspecified atom stereocenters. The Morgan fingerprint density at radius 2 is 1.62 bits per heavy atom. The molecule has 1 aromatic rings. The lowest BCUT2D eigenvalue weighted by atomic mass is 10.2. The van der Waals surface area contributed by atoms with E-state index < -0.39 is 8.32 Å². The molecule has 0 spiro atoms. The Balaban J connectivity index is 2.93. The number of halogens is 2. The Bertz CT molecular complexity index is 383. The van der Waals surface area contributed by atoms with Crippen LogP contribution in [0.1, 0.15) is 20.8 Å². The van der Waals surface area contributed by atoms with Crippen LogP contribution in [0.4, 0.5) is 0 Å². The van der Waals surface area contributed by atoms with Crippen LogP contribution >= 0.6 is 31.9 Å². The summed E-state index contributed by atoms with van der Waals surface area (Å²) in [5.74, 6) is 0.946. The topological polar surface area (TPSA) is 9.23 Å². The van der Waals surface area contributed by atoms with Gasteiger partial charge in [-0.1, -0.05) is 20.8 Å². The van der Waals surface area contributed by atoms with E-state index in [-0.39, 0.29) is 5.04 Å². The largest absolute Gasteiger partial charge is 0.543 e. The first-order chi connectivity index (χ1) is 7.13. The highest BCUT2D eigenvalue weighted by Gasteiger charge is 2.38. The Morgan fingerprint density at radius 1 is 1.06 bits per heavy atom. The summed E-state index contributed by atoms with van der Waals surface area (Å²) in [5.41, 5.74) is 0. The molecular formula is C12H18Br2OSi. The first-order valence-electron chi connectivity index (χ1n) is 5.27. The van der Waals surface area contributed by atoms with Crippen LogP contribution in [0.3, 0.4) is 0 Å². The number of hydrogen-bond donors (Lipinski definition) is 0. The fraction of sp³-hybridized carbons (Fsp3) is 0.500. The van der Waals surface area contributed by atoms with E-state index in [0.29, 0.717) is 0 Å². The summed E-state index contributed by atoms with van der Waals surface area (Å²) in [6, 6.07) is 6.03. The first-order valence-corrected chi connectivity index (χ1v) is 9.77. The monoisotopic (exact) mass is 364 g/mol. The maximum Gasteiger partial charge on any atom is 0.250 e. The van der Waals surface area contributed by atoms with Crippen molar-refractivity contribution in [2.75, 3.05) is 0 Å². The normalized spacial score (nSPS) is 12.7. The summed E-state index contributed by atoms with van der Waals surface area (Å²) in [5, 5.41) is 0.229. The predicted molar refractivity (Wildman–Crippen MR) is 79.7 cm³/mol. The summed E-state index contributed by atoms with van der Waals surface area (Å²) in [6.45, 7) is 11.2. The molecular weight excluding hydrogens is 348 g/mol. The maximum absolute atomic E-state index is 6.19. The van der Waals surface area contributed by atoms with Gasteiger partial charge in [0.25, 0.3) is 0 Å². The van der Waals surface area contributed by atoms with Gasteiger partial charge in [-0.25, -0.2) is 0 Å². The summed E-state index contributed by atoms with van der Waals surface area (Å²) in [6.07, 6.45) is 0. The zero-order valence-corrected chi connectivity index (χ0v) is 14.6. The fourth-order valence-electron chi connectivity index (χ4n) is 0.988.